The van der Waals surface area contributed by atoms with Crippen LogP contribution in [0.4, 0.5) is 0 Å². The molecule has 1 heterocycles. The highest BCUT2D eigenvalue weighted by atomic mass is 15.2. The van der Waals surface area contributed by atoms with Gasteiger partial charge >= 0.3 is 0 Å². The van der Waals surface area contributed by atoms with Crippen LogP contribution in [0.2, 0.25) is 0 Å². The molecule has 1 aromatic carbocycles. The van der Waals surface area contributed by atoms with Crippen molar-refractivity contribution in [3.63, 3.8) is 0 Å². The molecule has 0 saturated heterocycles. The van der Waals surface area contributed by atoms with E-state index in [9.17, 15) is 0 Å². The number of hydrogen-bond acceptors (Lipinski definition) is 2. The fourth-order valence-corrected chi connectivity index (χ4v) is 3.10. The van der Waals surface area contributed by atoms with Crippen molar-refractivity contribution in [3.8, 4) is 0 Å². The molecule has 1 atom stereocenters. The van der Waals surface area contributed by atoms with Crippen LogP contribution in [-0.4, -0.2) is 43.6 Å². The average Bonchev–Trinajstić information content (AvgIpc) is 2.57. The van der Waals surface area contributed by atoms with E-state index in [1.54, 1.807) is 0 Å². The van der Waals surface area contributed by atoms with E-state index in [-0.39, 0.29) is 0 Å². The molecular weight excluding hydrogens is 284 g/mol. The lowest BCUT2D eigenvalue weighted by atomic mass is 9.98. The first-order valence-electron chi connectivity index (χ1n) is 8.89. The molecular formula is C19H32N4. The molecule has 4 heteroatoms. The molecule has 128 valence electrons. The molecule has 1 unspecified atom stereocenters. The lowest BCUT2D eigenvalue weighted by Crippen LogP contribution is -2.48. The summed E-state index contributed by atoms with van der Waals surface area (Å²) >= 11 is 0. The van der Waals surface area contributed by atoms with E-state index in [2.05, 4.69) is 65.6 Å². The van der Waals surface area contributed by atoms with Crippen molar-refractivity contribution in [1.29, 1.82) is 0 Å². The Labute approximate surface area is 141 Å². The minimum Gasteiger partial charge on any atom is -0.356 e. The van der Waals surface area contributed by atoms with Crippen molar-refractivity contribution in [2.75, 3.05) is 26.7 Å². The summed E-state index contributed by atoms with van der Waals surface area (Å²) in [7, 11) is 1.84. The van der Waals surface area contributed by atoms with E-state index in [1.165, 1.54) is 11.1 Å². The standard InChI is InChI=1S/C19H32N4/c1-5-18(13-22-19(20-4)21-12-15(2)3)23-11-10-16-8-6-7-9-17(16)14-23/h6-9,15,18H,5,10-14H2,1-4H3,(H2,20,21,22). The van der Waals surface area contributed by atoms with Crippen LogP contribution in [0.3, 0.4) is 0 Å². The highest BCUT2D eigenvalue weighted by Gasteiger charge is 2.22. The maximum absolute atomic E-state index is 4.32. The Bertz CT molecular complexity index is 510. The van der Waals surface area contributed by atoms with Crippen molar-refractivity contribution in [2.24, 2.45) is 10.9 Å². The second kappa shape index (κ2) is 8.92. The van der Waals surface area contributed by atoms with Gasteiger partial charge < -0.3 is 10.6 Å². The van der Waals surface area contributed by atoms with Gasteiger partial charge in [0.05, 0.1) is 0 Å². The Kier molecular flexibility index (Phi) is 6.90. The summed E-state index contributed by atoms with van der Waals surface area (Å²) in [5.74, 6) is 1.53. The van der Waals surface area contributed by atoms with Crippen LogP contribution in [0.1, 0.15) is 38.3 Å². The Morgan fingerprint density at radius 2 is 1.87 bits per heavy atom. The number of benzene rings is 1. The summed E-state index contributed by atoms with van der Waals surface area (Å²) < 4.78 is 0. The zero-order chi connectivity index (χ0) is 16.7. The molecule has 0 fully saturated rings. The van der Waals surface area contributed by atoms with Crippen molar-refractivity contribution >= 4 is 5.96 Å². The Hall–Kier alpha value is -1.55. The zero-order valence-corrected chi connectivity index (χ0v) is 15.1. The summed E-state index contributed by atoms with van der Waals surface area (Å²) in [5.41, 5.74) is 3.00. The van der Waals surface area contributed by atoms with E-state index < -0.39 is 0 Å². The molecule has 2 N–H and O–H groups in total. The molecule has 1 aromatic rings. The molecule has 0 aliphatic carbocycles. The first kappa shape index (κ1) is 17.8. The summed E-state index contributed by atoms with van der Waals surface area (Å²) in [4.78, 5) is 6.93. The number of nitrogens with zero attached hydrogens (tertiary/aromatic N) is 2. The number of fused-ring (bicyclic) bond motifs is 1. The SMILES string of the molecule is CCC(CNC(=NC)NCC(C)C)N1CCc2ccccc2C1. The third-order valence-electron chi connectivity index (χ3n) is 4.55. The largest absolute Gasteiger partial charge is 0.356 e. The van der Waals surface area contributed by atoms with Crippen LogP contribution in [0, 0.1) is 5.92 Å². The van der Waals surface area contributed by atoms with Gasteiger partial charge in [-0.15, -0.1) is 0 Å². The summed E-state index contributed by atoms with van der Waals surface area (Å²) in [5, 5.41) is 6.88. The van der Waals surface area contributed by atoms with Crippen LogP contribution < -0.4 is 10.6 Å². The topological polar surface area (TPSA) is 39.7 Å². The van der Waals surface area contributed by atoms with Gasteiger partial charge in [-0.05, 0) is 29.9 Å². The first-order valence-corrected chi connectivity index (χ1v) is 8.89. The summed E-state index contributed by atoms with van der Waals surface area (Å²) in [6, 6.07) is 9.38. The molecule has 23 heavy (non-hydrogen) atoms. The maximum Gasteiger partial charge on any atom is 0.191 e. The number of aliphatic imine (C=N–C) groups is 1. The molecule has 0 aromatic heterocycles. The Morgan fingerprint density at radius 1 is 1.17 bits per heavy atom. The predicted molar refractivity (Wildman–Crippen MR) is 98.8 cm³/mol. The monoisotopic (exact) mass is 316 g/mol. The van der Waals surface area contributed by atoms with Crippen molar-refractivity contribution < 1.29 is 0 Å². The third kappa shape index (κ3) is 5.24. The molecule has 0 bridgehead atoms. The fourth-order valence-electron chi connectivity index (χ4n) is 3.10. The summed E-state index contributed by atoms with van der Waals surface area (Å²) in [6.45, 7) is 10.8. The molecule has 0 saturated carbocycles. The van der Waals surface area contributed by atoms with E-state index >= 15 is 0 Å². The molecule has 1 aliphatic rings. The molecule has 0 spiro atoms. The highest BCUT2D eigenvalue weighted by Crippen LogP contribution is 2.21. The molecule has 2 rings (SSSR count). The lowest BCUT2D eigenvalue weighted by molar-refractivity contribution is 0.174. The smallest absolute Gasteiger partial charge is 0.191 e. The van der Waals surface area contributed by atoms with Gasteiger partial charge in [-0.3, -0.25) is 9.89 Å². The fraction of sp³-hybridized carbons (Fsp3) is 0.632. The molecule has 1 aliphatic heterocycles. The second-order valence-corrected chi connectivity index (χ2v) is 6.78. The minimum absolute atomic E-state index is 0.543. The Balaban J connectivity index is 1.88. The minimum atomic E-state index is 0.543. The van der Waals surface area contributed by atoms with Crippen LogP contribution in [0.5, 0.6) is 0 Å². The highest BCUT2D eigenvalue weighted by molar-refractivity contribution is 5.79. The lowest BCUT2D eigenvalue weighted by Gasteiger charge is -2.35. The molecule has 0 radical (unpaired) electrons. The third-order valence-corrected chi connectivity index (χ3v) is 4.55. The maximum atomic E-state index is 4.32. The quantitative estimate of drug-likeness (QED) is 0.626. The van der Waals surface area contributed by atoms with Crippen LogP contribution in [-0.2, 0) is 13.0 Å². The number of hydrogen-bond donors (Lipinski definition) is 2. The molecule has 4 nitrogen and oxygen atoms in total. The summed E-state index contributed by atoms with van der Waals surface area (Å²) in [6.07, 6.45) is 2.31. The zero-order valence-electron chi connectivity index (χ0n) is 15.1. The van der Waals surface area contributed by atoms with Crippen molar-refractivity contribution in [3.05, 3.63) is 35.4 Å². The van der Waals surface area contributed by atoms with E-state index in [4.69, 9.17) is 0 Å². The normalized spacial score (nSPS) is 17.0. The van der Waals surface area contributed by atoms with Crippen LogP contribution >= 0.6 is 0 Å². The van der Waals surface area contributed by atoms with Crippen LogP contribution in [0.15, 0.2) is 29.3 Å². The predicted octanol–water partition coefficient (Wildman–Crippen LogP) is 2.64. The van der Waals surface area contributed by atoms with Crippen molar-refractivity contribution in [1.82, 2.24) is 15.5 Å². The Morgan fingerprint density at radius 3 is 2.52 bits per heavy atom. The molecule has 0 amide bonds. The van der Waals surface area contributed by atoms with E-state index in [1.807, 2.05) is 7.05 Å². The van der Waals surface area contributed by atoms with Gasteiger partial charge in [-0.25, -0.2) is 0 Å². The van der Waals surface area contributed by atoms with E-state index in [0.29, 0.717) is 12.0 Å². The van der Waals surface area contributed by atoms with Gasteiger partial charge in [0.1, 0.15) is 0 Å². The van der Waals surface area contributed by atoms with Gasteiger partial charge in [-0.2, -0.15) is 0 Å². The average molecular weight is 316 g/mol. The van der Waals surface area contributed by atoms with Gasteiger partial charge in [0, 0.05) is 39.3 Å². The van der Waals surface area contributed by atoms with Crippen molar-refractivity contribution in [2.45, 2.75) is 46.2 Å². The number of rotatable bonds is 6. The van der Waals surface area contributed by atoms with Gasteiger partial charge in [-0.1, -0.05) is 45.0 Å². The number of nitrogens with one attached hydrogen (secondary N) is 2. The second-order valence-electron chi connectivity index (χ2n) is 6.78. The first-order chi connectivity index (χ1) is 11.1. The van der Waals surface area contributed by atoms with Gasteiger partial charge in [0.25, 0.3) is 0 Å². The number of guanidine groups is 1. The van der Waals surface area contributed by atoms with E-state index in [0.717, 1.165) is 45.0 Å². The van der Waals surface area contributed by atoms with Gasteiger partial charge in [0.15, 0.2) is 5.96 Å². The van der Waals surface area contributed by atoms with Crippen LogP contribution in [0.25, 0.3) is 0 Å². The van der Waals surface area contributed by atoms with Gasteiger partial charge in [0.2, 0.25) is 0 Å².